The van der Waals surface area contributed by atoms with E-state index in [1.807, 2.05) is 0 Å². The molecule has 1 aromatic heterocycles. The quantitative estimate of drug-likeness (QED) is 0.648. The third-order valence-corrected chi connectivity index (χ3v) is 5.01. The number of likely N-dealkylation sites (tertiary alicyclic amines) is 1. The van der Waals surface area contributed by atoms with Gasteiger partial charge in [-0.05, 0) is 53.7 Å². The van der Waals surface area contributed by atoms with Gasteiger partial charge in [-0.15, -0.1) is 0 Å². The Labute approximate surface area is 142 Å². The highest BCUT2D eigenvalue weighted by molar-refractivity contribution is 9.10. The van der Waals surface area contributed by atoms with Gasteiger partial charge >= 0.3 is 5.69 Å². The molecule has 1 aliphatic rings. The molecule has 1 fully saturated rings. The maximum atomic E-state index is 12.3. The molecule has 1 aromatic carbocycles. The molecule has 124 valence electrons. The number of halogens is 1. The van der Waals surface area contributed by atoms with E-state index in [4.69, 9.17) is 0 Å². The zero-order valence-corrected chi connectivity index (χ0v) is 14.6. The minimum absolute atomic E-state index is 0.0125. The van der Waals surface area contributed by atoms with Crippen LogP contribution >= 0.6 is 15.9 Å². The van der Waals surface area contributed by atoms with Gasteiger partial charge in [-0.25, -0.2) is 4.79 Å². The van der Waals surface area contributed by atoms with Crippen LogP contribution in [0.15, 0.2) is 21.4 Å². The van der Waals surface area contributed by atoms with Crippen molar-refractivity contribution in [1.82, 2.24) is 9.97 Å². The fraction of sp³-hybridized carbons (Fsp3) is 0.500. The molecule has 1 saturated heterocycles. The van der Waals surface area contributed by atoms with Crippen molar-refractivity contribution in [2.24, 2.45) is 0 Å². The number of hydrogen-bond donors (Lipinski definition) is 4. The van der Waals surface area contributed by atoms with Gasteiger partial charge in [0.2, 0.25) is 0 Å². The van der Waals surface area contributed by atoms with E-state index in [-0.39, 0.29) is 11.6 Å². The summed E-state index contributed by atoms with van der Waals surface area (Å²) in [6.45, 7) is 2.63. The third kappa shape index (κ3) is 4.23. The molecule has 2 heterocycles. The largest absolute Gasteiger partial charge is 0.327 e. The molecule has 1 aliphatic heterocycles. The number of carbonyl (C=O) groups is 1. The van der Waals surface area contributed by atoms with Gasteiger partial charge in [0, 0.05) is 4.47 Å². The minimum atomic E-state index is -0.250. The molecule has 6 nitrogen and oxygen atoms in total. The number of quaternary nitrogens is 1. The number of hydrogen-bond acceptors (Lipinski definition) is 2. The molecule has 0 atom stereocenters. The topological polar surface area (TPSA) is 82.2 Å². The van der Waals surface area contributed by atoms with Crippen molar-refractivity contribution in [2.45, 2.75) is 32.1 Å². The lowest BCUT2D eigenvalue weighted by Gasteiger charge is -2.21. The molecule has 0 bridgehead atoms. The van der Waals surface area contributed by atoms with E-state index in [0.29, 0.717) is 23.3 Å². The summed E-state index contributed by atoms with van der Waals surface area (Å²) in [4.78, 5) is 30.4. The average Bonchev–Trinajstić information content (AvgIpc) is 2.81. The summed E-state index contributed by atoms with van der Waals surface area (Å²) in [5.41, 5.74) is 1.84. The number of rotatable bonds is 3. The van der Waals surface area contributed by atoms with Crippen LogP contribution < -0.4 is 15.9 Å². The highest BCUT2D eigenvalue weighted by Crippen LogP contribution is 2.26. The summed E-state index contributed by atoms with van der Waals surface area (Å²) in [7, 11) is 0. The summed E-state index contributed by atoms with van der Waals surface area (Å²) in [5.74, 6) is 0.0125. The fourth-order valence-electron chi connectivity index (χ4n) is 3.16. The molecule has 2 aromatic rings. The zero-order valence-electron chi connectivity index (χ0n) is 13.0. The number of anilines is 1. The summed E-state index contributed by atoms with van der Waals surface area (Å²) >= 11 is 3.45. The Morgan fingerprint density at radius 1 is 1.09 bits per heavy atom. The van der Waals surface area contributed by atoms with Crippen LogP contribution in [0, 0.1) is 0 Å². The fourth-order valence-corrected chi connectivity index (χ4v) is 3.60. The zero-order chi connectivity index (χ0) is 16.2. The Kier molecular flexibility index (Phi) is 5.17. The predicted molar refractivity (Wildman–Crippen MR) is 93.9 cm³/mol. The first-order valence-electron chi connectivity index (χ1n) is 8.17. The first-order chi connectivity index (χ1) is 11.1. The van der Waals surface area contributed by atoms with Crippen molar-refractivity contribution in [1.29, 1.82) is 0 Å². The number of imidazole rings is 1. The maximum Gasteiger partial charge on any atom is 0.323 e. The van der Waals surface area contributed by atoms with E-state index in [1.54, 1.807) is 12.1 Å². The van der Waals surface area contributed by atoms with Gasteiger partial charge in [0.25, 0.3) is 5.91 Å². The van der Waals surface area contributed by atoms with Crippen molar-refractivity contribution in [2.75, 3.05) is 25.0 Å². The van der Waals surface area contributed by atoms with Gasteiger partial charge < -0.3 is 20.2 Å². The van der Waals surface area contributed by atoms with Crippen molar-refractivity contribution >= 4 is 38.6 Å². The number of nitrogens with one attached hydrogen (secondary N) is 4. The number of carbonyl (C=O) groups excluding carboxylic acids is 1. The number of benzene rings is 1. The first kappa shape index (κ1) is 16.3. The van der Waals surface area contributed by atoms with Crippen LogP contribution in [-0.2, 0) is 4.79 Å². The maximum absolute atomic E-state index is 12.3. The Bertz CT molecular complexity index is 744. The summed E-state index contributed by atoms with van der Waals surface area (Å²) in [5, 5.41) is 2.95. The van der Waals surface area contributed by atoms with E-state index < -0.39 is 0 Å². The van der Waals surface area contributed by atoms with Crippen LogP contribution in [0.2, 0.25) is 0 Å². The van der Waals surface area contributed by atoms with Gasteiger partial charge in [-0.3, -0.25) is 4.79 Å². The van der Waals surface area contributed by atoms with E-state index >= 15 is 0 Å². The molecule has 0 saturated carbocycles. The molecule has 3 rings (SSSR count). The van der Waals surface area contributed by atoms with Gasteiger partial charge in [0.15, 0.2) is 6.54 Å². The lowest BCUT2D eigenvalue weighted by molar-refractivity contribution is -0.892. The SMILES string of the molecule is O=C(C[NH+]1CCCCCCC1)Nc1cc2[nH]c(=O)[nH]c2cc1Br. The molecule has 1 amide bonds. The smallest absolute Gasteiger partial charge is 0.323 e. The molecule has 4 N–H and O–H groups in total. The second-order valence-electron chi connectivity index (χ2n) is 6.20. The van der Waals surface area contributed by atoms with Crippen LogP contribution in [0.1, 0.15) is 32.1 Å². The molecule has 0 aliphatic carbocycles. The molecule has 7 heteroatoms. The molecular formula is C16H22BrN4O2+. The van der Waals surface area contributed by atoms with E-state index in [0.717, 1.165) is 17.6 Å². The number of aromatic amines is 2. The number of fused-ring (bicyclic) bond motifs is 1. The van der Waals surface area contributed by atoms with Crippen molar-refractivity contribution in [3.8, 4) is 0 Å². The van der Waals surface area contributed by atoms with Crippen LogP contribution in [0.4, 0.5) is 5.69 Å². The van der Waals surface area contributed by atoms with Gasteiger partial charge in [0.05, 0.1) is 29.8 Å². The second-order valence-corrected chi connectivity index (χ2v) is 7.05. The summed E-state index contributed by atoms with van der Waals surface area (Å²) in [6.07, 6.45) is 6.26. The Hall–Kier alpha value is -1.60. The first-order valence-corrected chi connectivity index (χ1v) is 8.96. The van der Waals surface area contributed by atoms with Crippen LogP contribution in [0.5, 0.6) is 0 Å². The van der Waals surface area contributed by atoms with E-state index in [1.165, 1.54) is 37.0 Å². The lowest BCUT2D eigenvalue weighted by Crippen LogP contribution is -3.13. The van der Waals surface area contributed by atoms with Crippen molar-refractivity contribution in [3.63, 3.8) is 0 Å². The average molecular weight is 382 g/mol. The molecular weight excluding hydrogens is 360 g/mol. The molecule has 23 heavy (non-hydrogen) atoms. The second kappa shape index (κ2) is 7.31. The Morgan fingerprint density at radius 3 is 2.39 bits per heavy atom. The monoisotopic (exact) mass is 381 g/mol. The van der Waals surface area contributed by atoms with Gasteiger partial charge in [-0.2, -0.15) is 0 Å². The molecule has 0 radical (unpaired) electrons. The number of amides is 1. The van der Waals surface area contributed by atoms with Crippen LogP contribution in [-0.4, -0.2) is 35.5 Å². The standard InChI is InChI=1S/C16H21BrN4O2/c17-11-8-13-14(20-16(23)19-13)9-12(11)18-15(22)10-21-6-4-2-1-3-5-7-21/h8-9H,1-7,10H2,(H,18,22)(H2,19,20,23)/p+1. The van der Waals surface area contributed by atoms with Crippen molar-refractivity contribution < 1.29 is 9.69 Å². The predicted octanol–water partition coefficient (Wildman–Crippen LogP) is 1.41. The summed E-state index contributed by atoms with van der Waals surface area (Å²) in [6, 6.07) is 3.57. The normalized spacial score (nSPS) is 16.9. The Morgan fingerprint density at radius 2 is 1.70 bits per heavy atom. The van der Waals surface area contributed by atoms with Crippen LogP contribution in [0.25, 0.3) is 11.0 Å². The number of H-pyrrole nitrogens is 2. The highest BCUT2D eigenvalue weighted by Gasteiger charge is 2.17. The molecule has 0 spiro atoms. The Balaban J connectivity index is 1.66. The van der Waals surface area contributed by atoms with Crippen LogP contribution in [0.3, 0.4) is 0 Å². The van der Waals surface area contributed by atoms with E-state index in [2.05, 4.69) is 31.2 Å². The molecule has 0 unspecified atom stereocenters. The third-order valence-electron chi connectivity index (χ3n) is 4.35. The highest BCUT2D eigenvalue weighted by atomic mass is 79.9. The number of aromatic nitrogens is 2. The lowest BCUT2D eigenvalue weighted by atomic mass is 10.1. The van der Waals surface area contributed by atoms with Crippen molar-refractivity contribution in [3.05, 3.63) is 27.1 Å². The van der Waals surface area contributed by atoms with Gasteiger partial charge in [0.1, 0.15) is 0 Å². The summed E-state index contributed by atoms with van der Waals surface area (Å²) < 4.78 is 0.760. The minimum Gasteiger partial charge on any atom is -0.327 e. The van der Waals surface area contributed by atoms with Gasteiger partial charge in [-0.1, -0.05) is 6.42 Å². The van der Waals surface area contributed by atoms with E-state index in [9.17, 15) is 9.59 Å².